The van der Waals surface area contributed by atoms with Crippen LogP contribution in [0.25, 0.3) is 0 Å². The van der Waals surface area contributed by atoms with Crippen molar-refractivity contribution in [2.75, 3.05) is 26.2 Å². The van der Waals surface area contributed by atoms with E-state index in [9.17, 15) is 0 Å². The minimum Gasteiger partial charge on any atom is -0.489 e. The van der Waals surface area contributed by atoms with E-state index in [-0.39, 0.29) is 31.4 Å². The average Bonchev–Trinajstić information content (AvgIpc) is 2.58. The minimum absolute atomic E-state index is 0. The molecule has 0 radical (unpaired) electrons. The van der Waals surface area contributed by atoms with Gasteiger partial charge in [-0.15, -0.1) is 24.8 Å². The molecule has 0 fully saturated rings. The maximum absolute atomic E-state index is 8.68. The number of hydrogen-bond donors (Lipinski definition) is 3. The first kappa shape index (κ1) is 25.3. The van der Waals surface area contributed by atoms with Crippen LogP contribution >= 0.6 is 48.0 Å². The molecule has 0 aromatic heterocycles. The highest BCUT2D eigenvalue weighted by molar-refractivity contribution is 6.35. The summed E-state index contributed by atoms with van der Waals surface area (Å²) in [6, 6.07) is 13.4. The Hall–Kier alpha value is -0.720. The van der Waals surface area contributed by atoms with Crippen LogP contribution in [-0.4, -0.2) is 31.3 Å². The molecule has 146 valence electrons. The molecule has 0 saturated heterocycles. The van der Waals surface area contributed by atoms with Crippen LogP contribution in [0.1, 0.15) is 11.1 Å². The highest BCUT2D eigenvalue weighted by Gasteiger charge is 2.03. The quantitative estimate of drug-likeness (QED) is 0.486. The van der Waals surface area contributed by atoms with Gasteiger partial charge in [0.05, 0.1) is 6.61 Å². The van der Waals surface area contributed by atoms with Crippen molar-refractivity contribution in [3.63, 3.8) is 0 Å². The van der Waals surface area contributed by atoms with Crippen LogP contribution < -0.4 is 15.4 Å². The number of halogens is 4. The molecule has 2 rings (SSSR count). The summed E-state index contributed by atoms with van der Waals surface area (Å²) in [5.41, 5.74) is 2.05. The van der Waals surface area contributed by atoms with Gasteiger partial charge in [0.2, 0.25) is 0 Å². The lowest BCUT2D eigenvalue weighted by molar-refractivity contribution is 0.292. The zero-order valence-corrected chi connectivity index (χ0v) is 17.4. The molecule has 0 amide bonds. The predicted molar refractivity (Wildman–Crippen MR) is 113 cm³/mol. The van der Waals surface area contributed by atoms with Gasteiger partial charge in [0.15, 0.2) is 0 Å². The molecular formula is C18H24Cl4N2O2. The number of hydrogen-bond acceptors (Lipinski definition) is 4. The van der Waals surface area contributed by atoms with Gasteiger partial charge >= 0.3 is 0 Å². The molecule has 8 heteroatoms. The number of nitrogens with one attached hydrogen (secondary N) is 2. The maximum Gasteiger partial charge on any atom is 0.120 e. The second-order valence-electron chi connectivity index (χ2n) is 5.32. The van der Waals surface area contributed by atoms with Crippen LogP contribution in [0, 0.1) is 0 Å². The van der Waals surface area contributed by atoms with Crippen LogP contribution in [0.4, 0.5) is 0 Å². The first-order valence-electron chi connectivity index (χ1n) is 7.87. The molecular weight excluding hydrogens is 418 g/mol. The minimum atomic E-state index is 0. The lowest BCUT2D eigenvalue weighted by Gasteiger charge is -2.10. The van der Waals surface area contributed by atoms with E-state index < -0.39 is 0 Å². The number of aliphatic hydroxyl groups is 1. The molecule has 0 atom stereocenters. The first-order chi connectivity index (χ1) is 11.7. The van der Waals surface area contributed by atoms with Crippen LogP contribution in [0.2, 0.25) is 10.0 Å². The Bertz CT molecular complexity index is 644. The lowest BCUT2D eigenvalue weighted by atomic mass is 10.2. The zero-order valence-electron chi connectivity index (χ0n) is 14.2. The van der Waals surface area contributed by atoms with Gasteiger partial charge in [-0.25, -0.2) is 0 Å². The molecule has 0 aliphatic heterocycles. The number of benzene rings is 2. The van der Waals surface area contributed by atoms with Crippen molar-refractivity contribution in [2.45, 2.75) is 13.2 Å². The fourth-order valence-corrected chi connectivity index (χ4v) is 2.62. The maximum atomic E-state index is 8.68. The van der Waals surface area contributed by atoms with Gasteiger partial charge in [-0.05, 0) is 29.8 Å². The number of rotatable bonds is 10. The van der Waals surface area contributed by atoms with Crippen LogP contribution in [-0.2, 0) is 13.2 Å². The number of aliphatic hydroxyl groups excluding tert-OH is 1. The highest BCUT2D eigenvalue weighted by Crippen LogP contribution is 2.23. The zero-order chi connectivity index (χ0) is 17.2. The standard InChI is InChI=1S/C18H22Cl2N2O2.2ClH/c19-16-5-4-15(18(20)11-16)13-24-17-3-1-2-14(10-17)12-22-7-6-21-8-9-23;;/h1-5,10-11,21-23H,6-9,12-13H2;2*1H. The van der Waals surface area contributed by atoms with Crippen LogP contribution in [0.15, 0.2) is 42.5 Å². The summed E-state index contributed by atoms with van der Waals surface area (Å²) >= 11 is 12.0. The van der Waals surface area contributed by atoms with Crippen molar-refractivity contribution in [1.82, 2.24) is 10.6 Å². The molecule has 2 aromatic carbocycles. The third-order valence-electron chi connectivity index (χ3n) is 3.40. The molecule has 26 heavy (non-hydrogen) atoms. The van der Waals surface area contributed by atoms with E-state index in [1.807, 2.05) is 24.3 Å². The Morgan fingerprint density at radius 3 is 2.42 bits per heavy atom. The van der Waals surface area contributed by atoms with Crippen molar-refractivity contribution < 1.29 is 9.84 Å². The van der Waals surface area contributed by atoms with Crippen molar-refractivity contribution in [1.29, 1.82) is 0 Å². The fourth-order valence-electron chi connectivity index (χ4n) is 2.16. The van der Waals surface area contributed by atoms with E-state index >= 15 is 0 Å². The highest BCUT2D eigenvalue weighted by atomic mass is 35.5. The second kappa shape index (κ2) is 14.4. The largest absolute Gasteiger partial charge is 0.489 e. The molecule has 0 saturated carbocycles. The summed E-state index contributed by atoms with van der Waals surface area (Å²) in [5, 5.41) is 16.4. The van der Waals surface area contributed by atoms with Crippen LogP contribution in [0.5, 0.6) is 5.75 Å². The predicted octanol–water partition coefficient (Wildman–Crippen LogP) is 4.09. The molecule has 0 heterocycles. The Balaban J connectivity index is 0.00000312. The Morgan fingerprint density at radius 2 is 1.69 bits per heavy atom. The van der Waals surface area contributed by atoms with Crippen molar-refractivity contribution >= 4 is 48.0 Å². The van der Waals surface area contributed by atoms with E-state index in [0.717, 1.165) is 36.5 Å². The van der Waals surface area contributed by atoms with Gasteiger partial charge in [0.1, 0.15) is 12.4 Å². The average molecular weight is 442 g/mol. The van der Waals surface area contributed by atoms with Gasteiger partial charge in [-0.3, -0.25) is 0 Å². The molecule has 4 nitrogen and oxygen atoms in total. The first-order valence-corrected chi connectivity index (χ1v) is 8.62. The molecule has 0 bridgehead atoms. The molecule has 0 aliphatic carbocycles. The summed E-state index contributed by atoms with van der Waals surface area (Å²) in [6.07, 6.45) is 0. The van der Waals surface area contributed by atoms with Crippen molar-refractivity contribution in [3.05, 3.63) is 63.6 Å². The normalized spacial score (nSPS) is 9.96. The van der Waals surface area contributed by atoms with Crippen molar-refractivity contribution in [3.8, 4) is 5.75 Å². The Morgan fingerprint density at radius 1 is 0.923 bits per heavy atom. The van der Waals surface area contributed by atoms with Gasteiger partial charge in [-0.2, -0.15) is 0 Å². The third kappa shape index (κ3) is 9.28. The van der Waals surface area contributed by atoms with Crippen molar-refractivity contribution in [2.24, 2.45) is 0 Å². The summed E-state index contributed by atoms with van der Waals surface area (Å²) < 4.78 is 5.82. The van der Waals surface area contributed by atoms with E-state index in [0.29, 0.717) is 23.2 Å². The molecule has 0 spiro atoms. The van der Waals surface area contributed by atoms with E-state index in [1.165, 1.54) is 0 Å². The molecule has 0 unspecified atom stereocenters. The van der Waals surface area contributed by atoms with Gasteiger partial charge < -0.3 is 20.5 Å². The van der Waals surface area contributed by atoms with Gasteiger partial charge in [0, 0.05) is 41.8 Å². The monoisotopic (exact) mass is 440 g/mol. The topological polar surface area (TPSA) is 53.5 Å². The lowest BCUT2D eigenvalue weighted by Crippen LogP contribution is -2.28. The van der Waals surface area contributed by atoms with Gasteiger partial charge in [-0.1, -0.05) is 41.4 Å². The number of ether oxygens (including phenoxy) is 1. The fraction of sp³-hybridized carbons (Fsp3) is 0.333. The molecule has 0 aliphatic rings. The van der Waals surface area contributed by atoms with Gasteiger partial charge in [0.25, 0.3) is 0 Å². The van der Waals surface area contributed by atoms with E-state index in [4.69, 9.17) is 33.0 Å². The second-order valence-corrected chi connectivity index (χ2v) is 6.17. The molecule has 3 N–H and O–H groups in total. The SMILES string of the molecule is Cl.Cl.OCCNCCNCc1cccc(OCc2ccc(Cl)cc2Cl)c1. The van der Waals surface area contributed by atoms with Crippen LogP contribution in [0.3, 0.4) is 0 Å². The summed E-state index contributed by atoms with van der Waals surface area (Å²) in [6.45, 7) is 3.62. The van der Waals surface area contributed by atoms with E-state index in [2.05, 4.69) is 16.7 Å². The summed E-state index contributed by atoms with van der Waals surface area (Å²) in [4.78, 5) is 0. The summed E-state index contributed by atoms with van der Waals surface area (Å²) in [5.74, 6) is 0.804. The smallest absolute Gasteiger partial charge is 0.120 e. The van der Waals surface area contributed by atoms with E-state index in [1.54, 1.807) is 12.1 Å². The summed E-state index contributed by atoms with van der Waals surface area (Å²) in [7, 11) is 0. The molecule has 2 aromatic rings. The Labute approximate surface area is 177 Å². The Kier molecular flexibility index (Phi) is 14.0. The third-order valence-corrected chi connectivity index (χ3v) is 3.99.